The first kappa shape index (κ1) is 15.1. The minimum Gasteiger partial charge on any atom is -0.375 e. The average Bonchev–Trinajstić information content (AvgIpc) is 2.41. The van der Waals surface area contributed by atoms with Gasteiger partial charge in [-0.05, 0) is 37.6 Å². The standard InChI is InChI=1S/C15H21ClN2O2/c1-3-14(2)10-15(13(17)19,8-9-20-14)18-12-6-4-11(16)5-7-12/h4-7,18H,3,8-10H2,1-2H3,(H2,17,19). The van der Waals surface area contributed by atoms with E-state index in [2.05, 4.69) is 12.2 Å². The van der Waals surface area contributed by atoms with Crippen LogP contribution in [0.2, 0.25) is 5.02 Å². The monoisotopic (exact) mass is 296 g/mol. The molecular formula is C15H21ClN2O2. The van der Waals surface area contributed by atoms with Gasteiger partial charge >= 0.3 is 0 Å². The molecule has 1 aliphatic heterocycles. The zero-order chi connectivity index (χ0) is 14.8. The number of benzene rings is 1. The van der Waals surface area contributed by atoms with Gasteiger partial charge in [0, 0.05) is 23.6 Å². The van der Waals surface area contributed by atoms with Gasteiger partial charge in [0.1, 0.15) is 5.54 Å². The quantitative estimate of drug-likeness (QED) is 0.898. The van der Waals surface area contributed by atoms with E-state index in [0.29, 0.717) is 24.5 Å². The van der Waals surface area contributed by atoms with Gasteiger partial charge in [-0.2, -0.15) is 0 Å². The van der Waals surface area contributed by atoms with Crippen LogP contribution in [0.15, 0.2) is 24.3 Å². The van der Waals surface area contributed by atoms with Crippen molar-refractivity contribution in [2.45, 2.75) is 44.2 Å². The molecule has 4 nitrogen and oxygen atoms in total. The fourth-order valence-electron chi connectivity index (χ4n) is 2.66. The van der Waals surface area contributed by atoms with Crippen LogP contribution in [0.1, 0.15) is 33.1 Å². The van der Waals surface area contributed by atoms with Crippen molar-refractivity contribution in [3.05, 3.63) is 29.3 Å². The van der Waals surface area contributed by atoms with Crippen LogP contribution in [-0.2, 0) is 9.53 Å². The van der Waals surface area contributed by atoms with Gasteiger partial charge in [0.05, 0.1) is 12.2 Å². The number of hydrogen-bond donors (Lipinski definition) is 2. The van der Waals surface area contributed by atoms with Crippen LogP contribution in [0.3, 0.4) is 0 Å². The number of hydrogen-bond acceptors (Lipinski definition) is 3. The third-order valence-corrected chi connectivity index (χ3v) is 4.35. The minimum absolute atomic E-state index is 0.327. The first-order valence-corrected chi connectivity index (χ1v) is 7.25. The summed E-state index contributed by atoms with van der Waals surface area (Å²) in [6.07, 6.45) is 1.97. The Labute approximate surface area is 124 Å². The zero-order valence-corrected chi connectivity index (χ0v) is 12.7. The van der Waals surface area contributed by atoms with Crippen LogP contribution in [0.25, 0.3) is 0 Å². The van der Waals surface area contributed by atoms with Crippen molar-refractivity contribution in [2.24, 2.45) is 5.73 Å². The molecule has 1 aromatic carbocycles. The minimum atomic E-state index is -0.767. The Balaban J connectivity index is 2.26. The molecule has 2 atom stereocenters. The fraction of sp³-hybridized carbons (Fsp3) is 0.533. The van der Waals surface area contributed by atoms with Gasteiger partial charge in [-0.1, -0.05) is 18.5 Å². The summed E-state index contributed by atoms with van der Waals surface area (Å²) in [6.45, 7) is 4.60. The van der Waals surface area contributed by atoms with Crippen LogP contribution in [-0.4, -0.2) is 23.7 Å². The van der Waals surface area contributed by atoms with E-state index < -0.39 is 5.54 Å². The van der Waals surface area contributed by atoms with E-state index in [1.54, 1.807) is 12.1 Å². The molecule has 1 aliphatic rings. The number of rotatable bonds is 4. The summed E-state index contributed by atoms with van der Waals surface area (Å²) in [5.74, 6) is -0.338. The van der Waals surface area contributed by atoms with Gasteiger partial charge in [0.25, 0.3) is 0 Å². The summed E-state index contributed by atoms with van der Waals surface area (Å²) in [5.41, 5.74) is 5.42. The second-order valence-electron chi connectivity index (χ2n) is 5.66. The number of primary amides is 1. The average molecular weight is 297 g/mol. The summed E-state index contributed by atoms with van der Waals surface area (Å²) >= 11 is 5.88. The lowest BCUT2D eigenvalue weighted by Gasteiger charge is -2.45. The van der Waals surface area contributed by atoms with Gasteiger partial charge in [0.2, 0.25) is 5.91 Å². The number of anilines is 1. The van der Waals surface area contributed by atoms with Crippen molar-refractivity contribution in [1.82, 2.24) is 0 Å². The Morgan fingerprint density at radius 2 is 2.10 bits per heavy atom. The highest BCUT2D eigenvalue weighted by Crippen LogP contribution is 2.36. The molecule has 1 saturated heterocycles. The predicted molar refractivity (Wildman–Crippen MR) is 80.9 cm³/mol. The molecule has 2 rings (SSSR count). The molecule has 1 fully saturated rings. The maximum absolute atomic E-state index is 12.0. The molecule has 0 bridgehead atoms. The topological polar surface area (TPSA) is 64.3 Å². The summed E-state index contributed by atoms with van der Waals surface area (Å²) in [6, 6.07) is 7.28. The van der Waals surface area contributed by atoms with Crippen LogP contribution < -0.4 is 11.1 Å². The smallest absolute Gasteiger partial charge is 0.243 e. The number of halogens is 1. The Kier molecular flexibility index (Phi) is 4.25. The van der Waals surface area contributed by atoms with Crippen LogP contribution in [0, 0.1) is 0 Å². The van der Waals surface area contributed by atoms with E-state index in [0.717, 1.165) is 12.1 Å². The maximum atomic E-state index is 12.0. The van der Waals surface area contributed by atoms with Gasteiger partial charge in [-0.15, -0.1) is 0 Å². The zero-order valence-electron chi connectivity index (χ0n) is 11.9. The third-order valence-electron chi connectivity index (χ3n) is 4.10. The molecule has 0 aromatic heterocycles. The molecule has 1 heterocycles. The van der Waals surface area contributed by atoms with E-state index in [9.17, 15) is 4.79 Å². The van der Waals surface area contributed by atoms with E-state index >= 15 is 0 Å². The van der Waals surface area contributed by atoms with E-state index in [4.69, 9.17) is 22.1 Å². The van der Waals surface area contributed by atoms with Crippen LogP contribution in [0.5, 0.6) is 0 Å². The SMILES string of the molecule is CCC1(C)CC(Nc2ccc(Cl)cc2)(C(N)=O)CCO1. The first-order chi connectivity index (χ1) is 9.39. The van der Waals surface area contributed by atoms with Gasteiger partial charge in [0.15, 0.2) is 0 Å². The lowest BCUT2D eigenvalue weighted by molar-refractivity contribution is -0.135. The maximum Gasteiger partial charge on any atom is 0.243 e. The Hall–Kier alpha value is -1.26. The molecule has 110 valence electrons. The molecule has 20 heavy (non-hydrogen) atoms. The van der Waals surface area contributed by atoms with Crippen molar-refractivity contribution in [2.75, 3.05) is 11.9 Å². The van der Waals surface area contributed by atoms with Crippen LogP contribution in [0.4, 0.5) is 5.69 Å². The van der Waals surface area contributed by atoms with Gasteiger partial charge in [-0.25, -0.2) is 0 Å². The molecule has 5 heteroatoms. The molecule has 0 spiro atoms. The largest absolute Gasteiger partial charge is 0.375 e. The Morgan fingerprint density at radius 1 is 1.45 bits per heavy atom. The van der Waals surface area contributed by atoms with Crippen molar-refractivity contribution >= 4 is 23.2 Å². The number of carbonyl (C=O) groups excluding carboxylic acids is 1. The molecule has 2 unspecified atom stereocenters. The first-order valence-electron chi connectivity index (χ1n) is 6.87. The number of nitrogens with two attached hydrogens (primary N) is 1. The number of carbonyl (C=O) groups is 1. The van der Waals surface area contributed by atoms with Crippen LogP contribution >= 0.6 is 11.6 Å². The fourth-order valence-corrected chi connectivity index (χ4v) is 2.79. The van der Waals surface area contributed by atoms with Gasteiger partial charge in [-0.3, -0.25) is 4.79 Å². The second-order valence-corrected chi connectivity index (χ2v) is 6.09. The van der Waals surface area contributed by atoms with Crippen molar-refractivity contribution in [1.29, 1.82) is 0 Å². The highest BCUT2D eigenvalue weighted by Gasteiger charge is 2.46. The molecule has 0 aliphatic carbocycles. The number of nitrogens with one attached hydrogen (secondary N) is 1. The predicted octanol–water partition coefficient (Wildman–Crippen LogP) is 2.96. The lowest BCUT2D eigenvalue weighted by atomic mass is 9.78. The molecular weight excluding hydrogens is 276 g/mol. The molecule has 1 amide bonds. The van der Waals surface area contributed by atoms with Crippen molar-refractivity contribution < 1.29 is 9.53 Å². The number of amides is 1. The van der Waals surface area contributed by atoms with E-state index in [1.807, 2.05) is 19.1 Å². The van der Waals surface area contributed by atoms with E-state index in [1.165, 1.54) is 0 Å². The summed E-state index contributed by atoms with van der Waals surface area (Å²) in [5, 5.41) is 3.96. The Bertz CT molecular complexity index is 491. The Morgan fingerprint density at radius 3 is 2.65 bits per heavy atom. The summed E-state index contributed by atoms with van der Waals surface area (Å²) < 4.78 is 5.81. The summed E-state index contributed by atoms with van der Waals surface area (Å²) in [7, 11) is 0. The van der Waals surface area contributed by atoms with Crippen molar-refractivity contribution in [3.63, 3.8) is 0 Å². The highest BCUT2D eigenvalue weighted by atomic mass is 35.5. The number of ether oxygens (including phenoxy) is 1. The van der Waals surface area contributed by atoms with E-state index in [-0.39, 0.29) is 11.5 Å². The normalized spacial score (nSPS) is 29.9. The van der Waals surface area contributed by atoms with Gasteiger partial charge < -0.3 is 15.8 Å². The third kappa shape index (κ3) is 3.07. The van der Waals surface area contributed by atoms with Crippen molar-refractivity contribution in [3.8, 4) is 0 Å². The molecule has 3 N–H and O–H groups in total. The second kappa shape index (κ2) is 5.62. The highest BCUT2D eigenvalue weighted by molar-refractivity contribution is 6.30. The molecule has 0 saturated carbocycles. The molecule has 1 aromatic rings. The lowest BCUT2D eigenvalue weighted by Crippen LogP contribution is -2.59. The summed E-state index contributed by atoms with van der Waals surface area (Å²) in [4.78, 5) is 12.0. The molecule has 0 radical (unpaired) electrons.